The van der Waals surface area contributed by atoms with E-state index in [0.717, 1.165) is 35.0 Å². The Bertz CT molecular complexity index is 1890. The zero-order valence-corrected chi connectivity index (χ0v) is 25.1. The maximum absolute atomic E-state index is 13.5. The molecule has 39 heavy (non-hydrogen) atoms. The minimum atomic E-state index is -0.269. The summed E-state index contributed by atoms with van der Waals surface area (Å²) in [5, 5.41) is 6.01. The third-order valence-corrected chi connectivity index (χ3v) is 7.81. The molecule has 0 unspecified atom stereocenters. The van der Waals surface area contributed by atoms with Crippen LogP contribution < -0.4 is 10.3 Å². The molecule has 0 saturated carbocycles. The summed E-state index contributed by atoms with van der Waals surface area (Å²) in [4.78, 5) is 18.3. The molecule has 6 nitrogen and oxygen atoms in total. The molecule has 192 valence electrons. The molecule has 4 aromatic carbocycles. The Morgan fingerprint density at radius 1 is 0.949 bits per heavy atom. The smallest absolute Gasteiger partial charge is 0.282 e. The van der Waals surface area contributed by atoms with E-state index in [1.165, 1.54) is 10.2 Å². The van der Waals surface area contributed by atoms with E-state index in [1.54, 1.807) is 12.3 Å². The van der Waals surface area contributed by atoms with Gasteiger partial charge in [-0.15, -0.1) is 0 Å². The van der Waals surface area contributed by atoms with Crippen LogP contribution in [0.2, 0.25) is 0 Å². The predicted octanol–water partition coefficient (Wildman–Crippen LogP) is 7.79. The summed E-state index contributed by atoms with van der Waals surface area (Å²) in [6.45, 7) is 2.56. The number of fused-ring (bicyclic) bond motifs is 2. The average Bonchev–Trinajstić information content (AvgIpc) is 3.36. The first-order valence-corrected chi connectivity index (χ1v) is 14.3. The SMILES string of the molecule is Cc1cccc(COc2c(I)cc(C=Nn3c(-c4cc5ccccc5o4)nc4ccccc4c3=O)cc2I)c1. The van der Waals surface area contributed by atoms with Gasteiger partial charge in [0.15, 0.2) is 5.76 Å². The molecule has 2 aromatic heterocycles. The molecule has 0 radical (unpaired) electrons. The molecule has 0 amide bonds. The summed E-state index contributed by atoms with van der Waals surface area (Å²) in [6, 6.07) is 29.1. The lowest BCUT2D eigenvalue weighted by Crippen LogP contribution is -2.20. The third kappa shape index (κ3) is 5.35. The van der Waals surface area contributed by atoms with Crippen LogP contribution in [0.1, 0.15) is 16.7 Å². The van der Waals surface area contributed by atoms with Gasteiger partial charge >= 0.3 is 0 Å². The minimum Gasteiger partial charge on any atom is -0.487 e. The lowest BCUT2D eigenvalue weighted by molar-refractivity contribution is 0.301. The highest BCUT2D eigenvalue weighted by molar-refractivity contribution is 14.1. The number of ether oxygens (including phenoxy) is 1. The number of benzene rings is 4. The molecule has 6 aromatic rings. The maximum atomic E-state index is 13.5. The van der Waals surface area contributed by atoms with Crippen molar-refractivity contribution in [2.75, 3.05) is 0 Å². The Morgan fingerprint density at radius 3 is 2.51 bits per heavy atom. The van der Waals surface area contributed by atoms with E-state index in [2.05, 4.69) is 75.4 Å². The first-order valence-electron chi connectivity index (χ1n) is 12.2. The van der Waals surface area contributed by atoms with E-state index in [-0.39, 0.29) is 5.56 Å². The summed E-state index contributed by atoms with van der Waals surface area (Å²) < 4.78 is 15.4. The Labute approximate surface area is 251 Å². The molecule has 0 bridgehead atoms. The first kappa shape index (κ1) is 25.8. The van der Waals surface area contributed by atoms with Crippen LogP contribution in [-0.4, -0.2) is 15.9 Å². The largest absolute Gasteiger partial charge is 0.487 e. The van der Waals surface area contributed by atoms with Crippen LogP contribution in [0.25, 0.3) is 33.5 Å². The number of aryl methyl sites for hydroxylation is 1. The minimum absolute atomic E-state index is 0.269. The van der Waals surface area contributed by atoms with Crippen molar-refractivity contribution in [3.63, 3.8) is 0 Å². The molecule has 0 aliphatic carbocycles. The zero-order chi connectivity index (χ0) is 26.9. The van der Waals surface area contributed by atoms with Crippen LogP contribution in [0, 0.1) is 14.1 Å². The van der Waals surface area contributed by atoms with Gasteiger partial charge in [-0.2, -0.15) is 9.78 Å². The van der Waals surface area contributed by atoms with Crippen molar-refractivity contribution in [3.8, 4) is 17.3 Å². The van der Waals surface area contributed by atoms with Gasteiger partial charge in [0.25, 0.3) is 5.56 Å². The van der Waals surface area contributed by atoms with Gasteiger partial charge in [0.2, 0.25) is 5.82 Å². The van der Waals surface area contributed by atoms with Gasteiger partial charge in [0.05, 0.1) is 24.3 Å². The number of furan rings is 1. The molecule has 0 spiro atoms. The van der Waals surface area contributed by atoms with Crippen LogP contribution >= 0.6 is 45.2 Å². The van der Waals surface area contributed by atoms with Gasteiger partial charge in [-0.05, 0) is 99.6 Å². The third-order valence-electron chi connectivity index (χ3n) is 6.21. The van der Waals surface area contributed by atoms with Gasteiger partial charge in [0, 0.05) is 5.39 Å². The van der Waals surface area contributed by atoms with E-state index in [0.29, 0.717) is 29.1 Å². The molecule has 0 aliphatic heterocycles. The van der Waals surface area contributed by atoms with Gasteiger partial charge in [-0.3, -0.25) is 4.79 Å². The Morgan fingerprint density at radius 2 is 1.72 bits per heavy atom. The van der Waals surface area contributed by atoms with Gasteiger partial charge in [-0.25, -0.2) is 4.98 Å². The number of halogens is 2. The molecule has 2 heterocycles. The summed E-state index contributed by atoms with van der Waals surface area (Å²) in [7, 11) is 0. The molecule has 8 heteroatoms. The number of hydrogen-bond acceptors (Lipinski definition) is 5. The van der Waals surface area contributed by atoms with Gasteiger partial charge in [0.1, 0.15) is 17.9 Å². The lowest BCUT2D eigenvalue weighted by atomic mass is 10.1. The molecule has 6 rings (SSSR count). The molecule has 0 aliphatic rings. The topological polar surface area (TPSA) is 69.6 Å². The fraction of sp³-hybridized carbons (Fsp3) is 0.0645. The number of aromatic nitrogens is 2. The van der Waals surface area contributed by atoms with Crippen molar-refractivity contribution in [1.82, 2.24) is 9.66 Å². The normalized spacial score (nSPS) is 11.6. The number of rotatable bonds is 6. The van der Waals surface area contributed by atoms with Gasteiger partial charge < -0.3 is 9.15 Å². The van der Waals surface area contributed by atoms with Crippen LogP contribution in [0.3, 0.4) is 0 Å². The molecule has 0 atom stereocenters. The van der Waals surface area contributed by atoms with E-state index in [1.807, 2.05) is 66.7 Å². The highest BCUT2D eigenvalue weighted by atomic mass is 127. The molecule has 0 saturated heterocycles. The van der Waals surface area contributed by atoms with Gasteiger partial charge in [-0.1, -0.05) is 60.2 Å². The summed E-state index contributed by atoms with van der Waals surface area (Å²) in [5.74, 6) is 1.64. The van der Waals surface area contributed by atoms with Crippen molar-refractivity contribution in [2.45, 2.75) is 13.5 Å². The summed E-state index contributed by atoms with van der Waals surface area (Å²) in [5.41, 5.74) is 4.19. The monoisotopic (exact) mass is 737 g/mol. The summed E-state index contributed by atoms with van der Waals surface area (Å²) >= 11 is 4.54. The van der Waals surface area contributed by atoms with Crippen molar-refractivity contribution in [3.05, 3.63) is 125 Å². The quantitative estimate of drug-likeness (QED) is 0.129. The fourth-order valence-corrected chi connectivity index (χ4v) is 6.48. The number of para-hydroxylation sites is 2. The van der Waals surface area contributed by atoms with Crippen molar-refractivity contribution in [1.29, 1.82) is 0 Å². The number of hydrogen-bond donors (Lipinski definition) is 0. The van der Waals surface area contributed by atoms with Crippen LogP contribution in [0.5, 0.6) is 5.75 Å². The number of nitrogens with zero attached hydrogens (tertiary/aromatic N) is 3. The maximum Gasteiger partial charge on any atom is 0.282 e. The van der Waals surface area contributed by atoms with Crippen molar-refractivity contribution in [2.24, 2.45) is 5.10 Å². The molecule has 0 N–H and O–H groups in total. The van der Waals surface area contributed by atoms with Crippen molar-refractivity contribution >= 4 is 73.3 Å². The van der Waals surface area contributed by atoms with E-state index < -0.39 is 0 Å². The highest BCUT2D eigenvalue weighted by Crippen LogP contribution is 2.30. The first-order chi connectivity index (χ1) is 19.0. The summed E-state index contributed by atoms with van der Waals surface area (Å²) in [6.07, 6.45) is 1.67. The molecular formula is C31H21I2N3O3. The van der Waals surface area contributed by atoms with Crippen LogP contribution in [0.4, 0.5) is 0 Å². The van der Waals surface area contributed by atoms with E-state index in [9.17, 15) is 4.79 Å². The Balaban J connectivity index is 1.37. The predicted molar refractivity (Wildman–Crippen MR) is 172 cm³/mol. The highest BCUT2D eigenvalue weighted by Gasteiger charge is 2.16. The fourth-order valence-electron chi connectivity index (χ4n) is 4.36. The molecule has 0 fully saturated rings. The second kappa shape index (κ2) is 10.9. The standard InChI is InChI=1S/C31H21I2N3O3/c1-19-7-6-8-20(13-19)18-38-29-24(32)14-21(15-25(29)33)17-34-36-30(28-16-22-9-2-5-12-27(22)39-28)35-26-11-4-3-10-23(26)31(36)37/h2-17H,18H2,1H3. The second-order valence-corrected chi connectivity index (χ2v) is 11.4. The zero-order valence-electron chi connectivity index (χ0n) is 20.8. The Kier molecular flexibility index (Phi) is 7.22. The van der Waals surface area contributed by atoms with E-state index in [4.69, 9.17) is 14.1 Å². The Hall–Kier alpha value is -3.51. The second-order valence-electron chi connectivity index (χ2n) is 9.05. The molecular weight excluding hydrogens is 716 g/mol. The van der Waals surface area contributed by atoms with Crippen molar-refractivity contribution < 1.29 is 9.15 Å². The lowest BCUT2D eigenvalue weighted by Gasteiger charge is -2.12. The van der Waals surface area contributed by atoms with Crippen LogP contribution in [-0.2, 0) is 6.61 Å². The van der Waals surface area contributed by atoms with E-state index >= 15 is 0 Å². The van der Waals surface area contributed by atoms with Crippen LogP contribution in [0.15, 0.2) is 105 Å². The average molecular weight is 737 g/mol.